The van der Waals surface area contributed by atoms with Gasteiger partial charge in [0.25, 0.3) is 0 Å². The number of esters is 1. The third-order valence-corrected chi connectivity index (χ3v) is 7.94. The maximum atomic E-state index is 12.8. The summed E-state index contributed by atoms with van der Waals surface area (Å²) in [6.07, 6.45) is 14.3. The van der Waals surface area contributed by atoms with Crippen molar-refractivity contribution in [3.63, 3.8) is 0 Å². The van der Waals surface area contributed by atoms with E-state index >= 15 is 0 Å². The summed E-state index contributed by atoms with van der Waals surface area (Å²) in [5.41, 5.74) is 2.98. The Labute approximate surface area is 263 Å². The van der Waals surface area contributed by atoms with Crippen LogP contribution in [0.4, 0.5) is 0 Å². The van der Waals surface area contributed by atoms with E-state index in [0.717, 1.165) is 93.6 Å². The Morgan fingerprint density at radius 3 is 1.89 bits per heavy atom. The highest BCUT2D eigenvalue weighted by atomic mass is 16.5. The number of rotatable bonds is 14. The van der Waals surface area contributed by atoms with Crippen molar-refractivity contribution in [1.82, 2.24) is 9.97 Å². The monoisotopic (exact) mass is 596 g/mol. The minimum absolute atomic E-state index is 0.0554. The lowest BCUT2D eigenvalue weighted by atomic mass is 9.72. The Hall–Kier alpha value is -3.73. The molecule has 0 saturated carbocycles. The molecular formula is C39H52N2O3. The summed E-state index contributed by atoms with van der Waals surface area (Å²) in [6.45, 7) is 30.2. The molecule has 0 aliphatic carbocycles. The third kappa shape index (κ3) is 9.14. The molecule has 0 spiro atoms. The zero-order chi connectivity index (χ0) is 32.5. The molecule has 0 N–H and O–H groups in total. The fraction of sp³-hybridized carbons (Fsp3) is 0.462. The predicted molar refractivity (Wildman–Crippen MR) is 187 cm³/mol. The number of aromatic nitrogens is 2. The van der Waals surface area contributed by atoms with Crippen LogP contribution in [0.15, 0.2) is 43.5 Å². The average Bonchev–Trinajstić information content (AvgIpc) is 2.95. The molecule has 2 aromatic carbocycles. The molecule has 0 amide bonds. The summed E-state index contributed by atoms with van der Waals surface area (Å²) in [5, 5.41) is 3.33. The highest BCUT2D eigenvalue weighted by molar-refractivity contribution is 5.91. The number of hydrogen-bond donors (Lipinski definition) is 0. The number of para-hydroxylation sites is 1. The SMILES string of the molecule is C=C/C=c1\c(=C)c(=C)/c(=C\C=C)c2nc3c(OCCCCCCCCOC(=O)C(CC(C)(C)C)C(C)(C)C)cccc3nc12. The van der Waals surface area contributed by atoms with Crippen LogP contribution in [0.1, 0.15) is 86.5 Å². The van der Waals surface area contributed by atoms with E-state index in [1.807, 2.05) is 30.4 Å². The first kappa shape index (κ1) is 34.8. The largest absolute Gasteiger partial charge is 0.491 e. The van der Waals surface area contributed by atoms with Gasteiger partial charge in [-0.25, -0.2) is 9.97 Å². The van der Waals surface area contributed by atoms with Gasteiger partial charge in [0.2, 0.25) is 0 Å². The van der Waals surface area contributed by atoms with Crippen LogP contribution < -0.4 is 25.6 Å². The smallest absolute Gasteiger partial charge is 0.309 e. The lowest BCUT2D eigenvalue weighted by Crippen LogP contribution is -2.47. The highest BCUT2D eigenvalue weighted by Gasteiger charge is 2.35. The molecule has 0 aliphatic heterocycles. The second-order valence-corrected chi connectivity index (χ2v) is 14.0. The van der Waals surface area contributed by atoms with Crippen LogP contribution in [-0.4, -0.2) is 29.2 Å². The Morgan fingerprint density at radius 1 is 0.795 bits per heavy atom. The summed E-state index contributed by atoms with van der Waals surface area (Å²) in [5.74, 6) is 0.583. The van der Waals surface area contributed by atoms with E-state index in [2.05, 4.69) is 67.9 Å². The third-order valence-electron chi connectivity index (χ3n) is 7.94. The highest BCUT2D eigenvalue weighted by Crippen LogP contribution is 2.36. The van der Waals surface area contributed by atoms with E-state index < -0.39 is 0 Å². The number of unbranched alkanes of at least 4 members (excludes halogenated alkanes) is 5. The number of carbonyl (C=O) groups excluding carboxylic acids is 1. The van der Waals surface area contributed by atoms with Crippen LogP contribution in [0.25, 0.3) is 47.4 Å². The minimum Gasteiger partial charge on any atom is -0.491 e. The molecule has 3 rings (SSSR count). The van der Waals surface area contributed by atoms with Gasteiger partial charge in [-0.15, -0.1) is 0 Å². The number of ether oxygens (including phenoxy) is 2. The number of allylic oxidation sites excluding steroid dienone is 2. The van der Waals surface area contributed by atoms with Crippen LogP contribution in [0.3, 0.4) is 0 Å². The number of carbonyl (C=O) groups is 1. The molecule has 5 heteroatoms. The van der Waals surface area contributed by atoms with Gasteiger partial charge in [0.1, 0.15) is 11.3 Å². The van der Waals surface area contributed by atoms with Crippen molar-refractivity contribution < 1.29 is 14.3 Å². The molecule has 236 valence electrons. The van der Waals surface area contributed by atoms with E-state index in [1.165, 1.54) is 0 Å². The molecule has 0 aliphatic rings. The molecule has 1 atom stereocenters. The van der Waals surface area contributed by atoms with E-state index in [0.29, 0.717) is 13.2 Å². The fourth-order valence-electron chi connectivity index (χ4n) is 5.47. The van der Waals surface area contributed by atoms with Gasteiger partial charge in [-0.05, 0) is 52.7 Å². The van der Waals surface area contributed by atoms with Gasteiger partial charge >= 0.3 is 5.97 Å². The molecular weight excluding hydrogens is 544 g/mol. The van der Waals surface area contributed by atoms with Crippen LogP contribution in [0, 0.1) is 16.7 Å². The first-order chi connectivity index (χ1) is 20.8. The maximum Gasteiger partial charge on any atom is 0.309 e. The summed E-state index contributed by atoms with van der Waals surface area (Å²) < 4.78 is 11.9. The Kier molecular flexibility index (Phi) is 12.1. The molecule has 0 radical (unpaired) electrons. The number of hydrogen-bond acceptors (Lipinski definition) is 5. The van der Waals surface area contributed by atoms with Crippen LogP contribution in [0.2, 0.25) is 0 Å². The molecule has 1 aromatic heterocycles. The molecule has 0 bridgehead atoms. The van der Waals surface area contributed by atoms with Gasteiger partial charge < -0.3 is 9.47 Å². The number of nitrogens with zero attached hydrogens (tertiary/aromatic N) is 2. The lowest BCUT2D eigenvalue weighted by Gasteiger charge is -2.33. The second-order valence-electron chi connectivity index (χ2n) is 14.0. The molecule has 3 aromatic rings. The molecule has 1 heterocycles. The molecule has 1 unspecified atom stereocenters. The Bertz CT molecular complexity index is 1710. The van der Waals surface area contributed by atoms with Gasteiger partial charge in [-0.2, -0.15) is 0 Å². The lowest BCUT2D eigenvalue weighted by molar-refractivity contribution is -0.154. The standard InChI is InChI=1S/C39H52N2O3/c1-11-20-29-27(3)28(4)30(21-12-2)35-34(29)40-32-22-19-23-33(36(32)41-35)43-24-17-15-13-14-16-18-25-44-37(42)31(39(8,9)10)26-38(5,6)7/h11-12,19-23,31H,1-4,13-18,24-26H2,5-10H3/b29-20+,30-21+. The van der Waals surface area contributed by atoms with Gasteiger partial charge in [0.15, 0.2) is 0 Å². The maximum absolute atomic E-state index is 12.8. The quantitative estimate of drug-likeness (QED) is 0.115. The molecule has 44 heavy (non-hydrogen) atoms. The van der Waals surface area contributed by atoms with Crippen molar-refractivity contribution in [1.29, 1.82) is 0 Å². The summed E-state index contributed by atoms with van der Waals surface area (Å²) in [4.78, 5) is 22.8. The van der Waals surface area contributed by atoms with E-state index in [4.69, 9.17) is 19.4 Å². The van der Waals surface area contributed by atoms with Crippen LogP contribution >= 0.6 is 0 Å². The minimum atomic E-state index is -0.104. The van der Waals surface area contributed by atoms with E-state index in [1.54, 1.807) is 12.2 Å². The van der Waals surface area contributed by atoms with Crippen molar-refractivity contribution in [2.75, 3.05) is 13.2 Å². The Balaban J connectivity index is 1.54. The van der Waals surface area contributed by atoms with Crippen molar-refractivity contribution in [2.45, 2.75) is 86.5 Å². The van der Waals surface area contributed by atoms with Crippen LogP contribution in [0.5, 0.6) is 5.75 Å². The molecule has 5 nitrogen and oxygen atoms in total. The van der Waals surface area contributed by atoms with Crippen LogP contribution in [-0.2, 0) is 9.53 Å². The van der Waals surface area contributed by atoms with E-state index in [-0.39, 0.29) is 22.7 Å². The van der Waals surface area contributed by atoms with Gasteiger partial charge in [-0.1, -0.05) is 124 Å². The number of fused-ring (bicyclic) bond motifs is 2. The second kappa shape index (κ2) is 15.3. The predicted octanol–water partition coefficient (Wildman–Crippen LogP) is 6.90. The normalized spacial score (nSPS) is 13.8. The zero-order valence-electron chi connectivity index (χ0n) is 27.9. The van der Waals surface area contributed by atoms with Crippen molar-refractivity contribution in [3.8, 4) is 5.75 Å². The van der Waals surface area contributed by atoms with Gasteiger partial charge in [0.05, 0.1) is 35.7 Å². The number of benzene rings is 2. The summed E-state index contributed by atoms with van der Waals surface area (Å²) >= 11 is 0. The van der Waals surface area contributed by atoms with Crippen molar-refractivity contribution in [3.05, 3.63) is 64.4 Å². The summed E-state index contributed by atoms with van der Waals surface area (Å²) in [7, 11) is 0. The molecule has 0 fully saturated rings. The van der Waals surface area contributed by atoms with E-state index in [9.17, 15) is 4.79 Å². The van der Waals surface area contributed by atoms with Crippen molar-refractivity contribution >= 4 is 53.3 Å². The van der Waals surface area contributed by atoms with Gasteiger partial charge in [-0.3, -0.25) is 4.79 Å². The molecule has 0 saturated heterocycles. The zero-order valence-corrected chi connectivity index (χ0v) is 27.9. The first-order valence-corrected chi connectivity index (χ1v) is 15.9. The van der Waals surface area contributed by atoms with Crippen molar-refractivity contribution in [2.24, 2.45) is 16.7 Å². The topological polar surface area (TPSA) is 61.3 Å². The Morgan fingerprint density at radius 2 is 1.34 bits per heavy atom. The first-order valence-electron chi connectivity index (χ1n) is 15.9. The fourth-order valence-corrected chi connectivity index (χ4v) is 5.47. The average molecular weight is 597 g/mol. The summed E-state index contributed by atoms with van der Waals surface area (Å²) in [6, 6.07) is 5.85. The van der Waals surface area contributed by atoms with Gasteiger partial charge in [0, 0.05) is 10.4 Å².